The number of piperazine rings is 1. The Kier molecular flexibility index (Phi) is 6.71. The van der Waals surface area contributed by atoms with E-state index >= 15 is 0 Å². The molecule has 1 aliphatic rings. The van der Waals surface area contributed by atoms with Crippen molar-refractivity contribution in [3.05, 3.63) is 76.0 Å². The van der Waals surface area contributed by atoms with Crippen molar-refractivity contribution >= 4 is 17.4 Å². The summed E-state index contributed by atoms with van der Waals surface area (Å²) in [7, 11) is 0. The fourth-order valence-electron chi connectivity index (χ4n) is 3.53. The Morgan fingerprint density at radius 3 is 2.57 bits per heavy atom. The molecule has 1 saturated heterocycles. The average molecular weight is 423 g/mol. The number of aromatic nitrogens is 2. The molecule has 0 spiro atoms. The summed E-state index contributed by atoms with van der Waals surface area (Å²) in [6.45, 7) is 6.15. The Hall–Kier alpha value is -2.77. The second-order valence-corrected chi connectivity index (χ2v) is 8.50. The maximum absolute atomic E-state index is 12.5. The second kappa shape index (κ2) is 9.82. The summed E-state index contributed by atoms with van der Waals surface area (Å²) in [4.78, 5) is 25.4. The lowest BCUT2D eigenvalue weighted by atomic mass is 10.1. The summed E-state index contributed by atoms with van der Waals surface area (Å²) in [5.41, 5.74) is 3.38. The molecule has 1 aromatic carbocycles. The predicted molar refractivity (Wildman–Crippen MR) is 118 cm³/mol. The van der Waals surface area contributed by atoms with Crippen molar-refractivity contribution in [2.45, 2.75) is 19.8 Å². The number of hydrogen-bond acceptors (Lipinski definition) is 6. The number of rotatable bonds is 6. The molecule has 1 fully saturated rings. The standard InChI is InChI=1S/C23H26N4O2S/c1-18-6-8-24-20(16-18)17-19-2-4-21(5-3-19)29-23(28)27-13-11-26(12-14-27)10-7-22-25-9-15-30-22/h2-6,8-9,15-16H,7,10-14,17H2,1H3. The molecule has 1 amide bonds. The maximum Gasteiger partial charge on any atom is 0.415 e. The molecule has 6 nitrogen and oxygen atoms in total. The van der Waals surface area contributed by atoms with Crippen molar-refractivity contribution in [1.29, 1.82) is 0 Å². The molecule has 156 valence electrons. The van der Waals surface area contributed by atoms with Crippen LogP contribution in [0, 0.1) is 6.92 Å². The molecule has 0 atom stereocenters. The van der Waals surface area contributed by atoms with Gasteiger partial charge in [-0.15, -0.1) is 11.3 Å². The molecule has 0 saturated carbocycles. The first-order valence-electron chi connectivity index (χ1n) is 10.2. The minimum atomic E-state index is -0.275. The fraction of sp³-hybridized carbons (Fsp3) is 0.348. The van der Waals surface area contributed by atoms with Crippen LogP contribution in [0.1, 0.15) is 21.8 Å². The second-order valence-electron chi connectivity index (χ2n) is 7.52. The molecule has 0 N–H and O–H groups in total. The number of ether oxygens (including phenoxy) is 1. The number of carbonyl (C=O) groups is 1. The highest BCUT2D eigenvalue weighted by molar-refractivity contribution is 7.09. The first kappa shape index (κ1) is 20.5. The maximum atomic E-state index is 12.5. The van der Waals surface area contributed by atoms with Gasteiger partial charge in [-0.05, 0) is 42.3 Å². The highest BCUT2D eigenvalue weighted by atomic mass is 32.1. The summed E-state index contributed by atoms with van der Waals surface area (Å²) >= 11 is 1.69. The Balaban J connectivity index is 1.23. The monoisotopic (exact) mass is 422 g/mol. The Morgan fingerprint density at radius 1 is 1.07 bits per heavy atom. The van der Waals surface area contributed by atoms with Gasteiger partial charge in [-0.25, -0.2) is 9.78 Å². The number of benzene rings is 1. The minimum Gasteiger partial charge on any atom is -0.410 e. The van der Waals surface area contributed by atoms with Gasteiger partial charge >= 0.3 is 6.09 Å². The van der Waals surface area contributed by atoms with Gasteiger partial charge < -0.3 is 9.64 Å². The van der Waals surface area contributed by atoms with E-state index in [1.165, 1.54) is 10.6 Å². The molecule has 0 bridgehead atoms. The van der Waals surface area contributed by atoms with E-state index in [2.05, 4.69) is 27.9 Å². The van der Waals surface area contributed by atoms with Gasteiger partial charge in [0.05, 0.1) is 5.01 Å². The number of hydrogen-bond donors (Lipinski definition) is 0. The van der Waals surface area contributed by atoms with Crippen molar-refractivity contribution in [3.8, 4) is 5.75 Å². The zero-order valence-electron chi connectivity index (χ0n) is 17.2. The summed E-state index contributed by atoms with van der Waals surface area (Å²) in [6, 6.07) is 11.8. The van der Waals surface area contributed by atoms with Crippen LogP contribution in [-0.4, -0.2) is 58.6 Å². The molecular formula is C23H26N4O2S. The van der Waals surface area contributed by atoms with Crippen LogP contribution >= 0.6 is 11.3 Å². The van der Waals surface area contributed by atoms with E-state index in [-0.39, 0.29) is 6.09 Å². The number of amides is 1. The van der Waals surface area contributed by atoms with Gasteiger partial charge in [0.1, 0.15) is 5.75 Å². The van der Waals surface area contributed by atoms with Gasteiger partial charge in [-0.1, -0.05) is 12.1 Å². The zero-order valence-corrected chi connectivity index (χ0v) is 18.0. The van der Waals surface area contributed by atoms with E-state index in [4.69, 9.17) is 4.74 Å². The van der Waals surface area contributed by atoms with E-state index in [0.717, 1.165) is 43.7 Å². The van der Waals surface area contributed by atoms with E-state index in [9.17, 15) is 4.79 Å². The number of nitrogens with zero attached hydrogens (tertiary/aromatic N) is 4. The van der Waals surface area contributed by atoms with E-state index in [0.29, 0.717) is 18.8 Å². The highest BCUT2D eigenvalue weighted by Gasteiger charge is 2.22. The van der Waals surface area contributed by atoms with Crippen LogP contribution in [0.3, 0.4) is 0 Å². The van der Waals surface area contributed by atoms with Crippen molar-refractivity contribution in [2.75, 3.05) is 32.7 Å². The quantitative estimate of drug-likeness (QED) is 0.605. The van der Waals surface area contributed by atoms with Crippen LogP contribution in [0.5, 0.6) is 5.75 Å². The number of aryl methyl sites for hydroxylation is 1. The molecule has 3 heterocycles. The summed E-state index contributed by atoms with van der Waals surface area (Å²) < 4.78 is 5.58. The van der Waals surface area contributed by atoms with Crippen LogP contribution in [0.25, 0.3) is 0 Å². The normalized spacial score (nSPS) is 14.6. The van der Waals surface area contributed by atoms with Gasteiger partial charge in [0, 0.05) is 69.0 Å². The average Bonchev–Trinajstić information content (AvgIpc) is 3.28. The molecule has 7 heteroatoms. The third-order valence-electron chi connectivity index (χ3n) is 5.24. The lowest BCUT2D eigenvalue weighted by Gasteiger charge is -2.33. The van der Waals surface area contributed by atoms with E-state index in [1.54, 1.807) is 16.2 Å². The summed E-state index contributed by atoms with van der Waals surface area (Å²) in [5.74, 6) is 0.576. The smallest absolute Gasteiger partial charge is 0.410 e. The van der Waals surface area contributed by atoms with E-state index < -0.39 is 0 Å². The van der Waals surface area contributed by atoms with Crippen LogP contribution in [0.4, 0.5) is 4.79 Å². The molecule has 0 unspecified atom stereocenters. The fourth-order valence-corrected chi connectivity index (χ4v) is 4.14. The van der Waals surface area contributed by atoms with Gasteiger partial charge in [0.2, 0.25) is 0 Å². The molecule has 30 heavy (non-hydrogen) atoms. The molecule has 0 aliphatic carbocycles. The molecule has 1 aliphatic heterocycles. The Labute approximate surface area is 181 Å². The number of carbonyl (C=O) groups excluding carboxylic acids is 1. The van der Waals surface area contributed by atoms with Gasteiger partial charge in [0.15, 0.2) is 0 Å². The van der Waals surface area contributed by atoms with Crippen molar-refractivity contribution in [2.24, 2.45) is 0 Å². The van der Waals surface area contributed by atoms with Gasteiger partial charge in [-0.2, -0.15) is 0 Å². The van der Waals surface area contributed by atoms with Crippen LogP contribution < -0.4 is 4.74 Å². The number of pyridine rings is 1. The first-order valence-corrected chi connectivity index (χ1v) is 11.1. The minimum absolute atomic E-state index is 0.275. The van der Waals surface area contributed by atoms with Crippen molar-refractivity contribution in [1.82, 2.24) is 19.8 Å². The van der Waals surface area contributed by atoms with Crippen molar-refractivity contribution < 1.29 is 9.53 Å². The lowest BCUT2D eigenvalue weighted by Crippen LogP contribution is -2.49. The van der Waals surface area contributed by atoms with Crippen molar-refractivity contribution in [3.63, 3.8) is 0 Å². The third-order valence-corrected chi connectivity index (χ3v) is 6.08. The molecular weight excluding hydrogens is 396 g/mol. The topological polar surface area (TPSA) is 58.6 Å². The molecule has 0 radical (unpaired) electrons. The van der Waals surface area contributed by atoms with Gasteiger partial charge in [0.25, 0.3) is 0 Å². The summed E-state index contributed by atoms with van der Waals surface area (Å²) in [6.07, 6.45) is 5.13. The van der Waals surface area contributed by atoms with Crippen LogP contribution in [0.15, 0.2) is 54.2 Å². The zero-order chi connectivity index (χ0) is 20.8. The SMILES string of the molecule is Cc1ccnc(Cc2ccc(OC(=O)N3CCN(CCc4nccs4)CC3)cc2)c1. The molecule has 2 aromatic heterocycles. The summed E-state index contributed by atoms with van der Waals surface area (Å²) in [5, 5.41) is 3.17. The number of thiazole rings is 1. The molecule has 3 aromatic rings. The molecule has 4 rings (SSSR count). The third kappa shape index (κ3) is 5.64. The first-order chi connectivity index (χ1) is 14.7. The Morgan fingerprint density at radius 2 is 1.87 bits per heavy atom. The largest absolute Gasteiger partial charge is 0.415 e. The van der Waals surface area contributed by atoms with E-state index in [1.807, 2.05) is 48.1 Å². The lowest BCUT2D eigenvalue weighted by molar-refractivity contribution is 0.111. The van der Waals surface area contributed by atoms with Gasteiger partial charge in [-0.3, -0.25) is 9.88 Å². The van der Waals surface area contributed by atoms with Crippen LogP contribution in [0.2, 0.25) is 0 Å². The Bertz CT molecular complexity index is 952. The predicted octanol–water partition coefficient (Wildman–Crippen LogP) is 3.80. The highest BCUT2D eigenvalue weighted by Crippen LogP contribution is 2.17. The van der Waals surface area contributed by atoms with Crippen LogP contribution in [-0.2, 0) is 12.8 Å².